The number of carbonyl (C=O) groups is 1. The van der Waals surface area contributed by atoms with E-state index < -0.39 is 17.1 Å². The average molecular weight is 239 g/mol. The van der Waals surface area contributed by atoms with Crippen molar-refractivity contribution >= 4 is 12.2 Å². The van der Waals surface area contributed by atoms with Crippen LogP contribution in [0, 0.1) is 0 Å². The van der Waals surface area contributed by atoms with Crippen molar-refractivity contribution in [2.45, 2.75) is 6.54 Å². The second-order valence-corrected chi connectivity index (χ2v) is 3.66. The SMILES string of the molecule is CN(C)[N+](C)=CCn1ccc(=O)c(C(=O)O)n1. The van der Waals surface area contributed by atoms with Gasteiger partial charge in [-0.15, -0.1) is 4.68 Å². The van der Waals surface area contributed by atoms with E-state index in [0.717, 1.165) is 0 Å². The van der Waals surface area contributed by atoms with Crippen molar-refractivity contribution in [1.82, 2.24) is 14.8 Å². The fourth-order valence-corrected chi connectivity index (χ4v) is 1.06. The molecular formula is C10H15N4O3+. The summed E-state index contributed by atoms with van der Waals surface area (Å²) in [5, 5.41) is 14.3. The number of hydrogen-bond acceptors (Lipinski definition) is 4. The fourth-order valence-electron chi connectivity index (χ4n) is 1.06. The van der Waals surface area contributed by atoms with E-state index in [2.05, 4.69) is 5.10 Å². The molecule has 92 valence electrons. The molecule has 0 spiro atoms. The minimum Gasteiger partial charge on any atom is -0.476 e. The number of aromatic nitrogens is 2. The fraction of sp³-hybridized carbons (Fsp3) is 0.400. The second kappa shape index (κ2) is 5.24. The van der Waals surface area contributed by atoms with Crippen LogP contribution in [-0.2, 0) is 6.54 Å². The summed E-state index contributed by atoms with van der Waals surface area (Å²) < 4.78 is 3.21. The van der Waals surface area contributed by atoms with Crippen LogP contribution in [0.15, 0.2) is 17.1 Å². The maximum atomic E-state index is 11.2. The molecule has 1 heterocycles. The first-order valence-corrected chi connectivity index (χ1v) is 4.96. The lowest BCUT2D eigenvalue weighted by molar-refractivity contribution is -0.652. The number of hydrazine groups is 1. The molecule has 0 saturated carbocycles. The summed E-state index contributed by atoms with van der Waals surface area (Å²) in [7, 11) is 5.59. The van der Waals surface area contributed by atoms with Crippen LogP contribution in [-0.4, -0.2) is 57.9 Å². The number of aromatic carboxylic acids is 1. The normalized spacial score (nSPS) is 11.4. The molecule has 0 aromatic carbocycles. The van der Waals surface area contributed by atoms with Gasteiger partial charge in [0.2, 0.25) is 11.1 Å². The van der Waals surface area contributed by atoms with Crippen molar-refractivity contribution in [3.8, 4) is 0 Å². The Morgan fingerprint density at radius 3 is 2.82 bits per heavy atom. The number of hydrazone groups is 1. The lowest BCUT2D eigenvalue weighted by atomic mass is 10.4. The average Bonchev–Trinajstić information content (AvgIpc) is 2.26. The zero-order valence-electron chi connectivity index (χ0n) is 9.99. The van der Waals surface area contributed by atoms with Crippen LogP contribution in [0.2, 0.25) is 0 Å². The smallest absolute Gasteiger partial charge is 0.360 e. The van der Waals surface area contributed by atoms with E-state index in [9.17, 15) is 9.59 Å². The lowest BCUT2D eigenvalue weighted by Gasteiger charge is -2.06. The van der Waals surface area contributed by atoms with Crippen molar-refractivity contribution in [2.24, 2.45) is 0 Å². The van der Waals surface area contributed by atoms with Gasteiger partial charge < -0.3 is 5.11 Å². The number of nitrogens with zero attached hydrogens (tertiary/aromatic N) is 4. The number of rotatable bonds is 4. The maximum Gasteiger partial charge on any atom is 0.360 e. The third-order valence-corrected chi connectivity index (χ3v) is 2.23. The molecule has 0 radical (unpaired) electrons. The molecule has 1 rings (SSSR count). The minimum atomic E-state index is -1.31. The monoisotopic (exact) mass is 239 g/mol. The van der Waals surface area contributed by atoms with Crippen LogP contribution >= 0.6 is 0 Å². The first-order chi connectivity index (χ1) is 7.91. The highest BCUT2D eigenvalue weighted by Crippen LogP contribution is 1.86. The first kappa shape index (κ1) is 12.9. The highest BCUT2D eigenvalue weighted by atomic mass is 16.4. The summed E-state index contributed by atoms with van der Waals surface area (Å²) in [6.45, 7) is 0.384. The molecule has 0 aliphatic heterocycles. The van der Waals surface area contributed by atoms with Gasteiger partial charge in [-0.25, -0.2) is 4.79 Å². The summed E-state index contributed by atoms with van der Waals surface area (Å²) >= 11 is 0. The summed E-state index contributed by atoms with van der Waals surface area (Å²) in [4.78, 5) is 21.9. The number of carboxylic acid groups (broad SMARTS) is 1. The van der Waals surface area contributed by atoms with Crippen LogP contribution in [0.25, 0.3) is 0 Å². The van der Waals surface area contributed by atoms with Crippen LogP contribution in [0.4, 0.5) is 0 Å². The van der Waals surface area contributed by atoms with Crippen molar-refractivity contribution in [2.75, 3.05) is 21.1 Å². The molecule has 0 unspecified atom stereocenters. The Bertz CT molecular complexity index is 505. The molecule has 1 N–H and O–H groups in total. The van der Waals surface area contributed by atoms with Crippen LogP contribution in [0.1, 0.15) is 10.5 Å². The minimum absolute atomic E-state index is 0.384. The third kappa shape index (κ3) is 3.40. The Morgan fingerprint density at radius 2 is 2.29 bits per heavy atom. The highest BCUT2D eigenvalue weighted by molar-refractivity contribution is 5.84. The van der Waals surface area contributed by atoms with Crippen molar-refractivity contribution < 1.29 is 14.6 Å². The largest absolute Gasteiger partial charge is 0.476 e. The van der Waals surface area contributed by atoms with E-state index in [1.807, 2.05) is 37.1 Å². The maximum absolute atomic E-state index is 11.2. The summed E-state index contributed by atoms with van der Waals surface area (Å²) in [5.41, 5.74) is -1.05. The van der Waals surface area contributed by atoms with Gasteiger partial charge >= 0.3 is 5.97 Å². The zero-order valence-corrected chi connectivity index (χ0v) is 9.99. The van der Waals surface area contributed by atoms with Gasteiger partial charge in [-0.05, 0) is 0 Å². The molecule has 1 aromatic heterocycles. The standard InChI is InChI=1S/C10H14N4O3/c1-12(2)13(3)6-7-14-5-4-8(15)9(11-14)10(16)17/h4-6H,7H2,1-3H3/p+1. The quantitative estimate of drug-likeness (QED) is 0.420. The van der Waals surface area contributed by atoms with Gasteiger partial charge in [-0.3, -0.25) is 9.48 Å². The number of hydrogen-bond donors (Lipinski definition) is 1. The van der Waals surface area contributed by atoms with Gasteiger partial charge in [-0.2, -0.15) is 10.1 Å². The summed E-state index contributed by atoms with van der Waals surface area (Å²) in [6, 6.07) is 1.19. The third-order valence-electron chi connectivity index (χ3n) is 2.23. The molecule has 0 aliphatic rings. The van der Waals surface area contributed by atoms with E-state index >= 15 is 0 Å². The summed E-state index contributed by atoms with van der Waals surface area (Å²) in [5.74, 6) is -1.31. The second-order valence-electron chi connectivity index (χ2n) is 3.66. The molecule has 1 aromatic rings. The van der Waals surface area contributed by atoms with Crippen LogP contribution in [0.5, 0.6) is 0 Å². The molecule has 0 aliphatic carbocycles. The first-order valence-electron chi connectivity index (χ1n) is 4.96. The Labute approximate surface area is 98.2 Å². The van der Waals surface area contributed by atoms with E-state index in [-0.39, 0.29) is 0 Å². The Morgan fingerprint density at radius 1 is 1.65 bits per heavy atom. The van der Waals surface area contributed by atoms with Gasteiger partial charge in [0, 0.05) is 12.3 Å². The molecule has 0 amide bonds. The molecular weight excluding hydrogens is 224 g/mol. The number of carboxylic acids is 1. The molecule has 0 fully saturated rings. The molecule has 0 atom stereocenters. The topological polar surface area (TPSA) is 78.4 Å². The molecule has 17 heavy (non-hydrogen) atoms. The van der Waals surface area contributed by atoms with E-state index in [4.69, 9.17) is 5.11 Å². The van der Waals surface area contributed by atoms with Crippen LogP contribution < -0.4 is 5.43 Å². The molecule has 0 bridgehead atoms. The van der Waals surface area contributed by atoms with Gasteiger partial charge in [-0.1, -0.05) is 0 Å². The lowest BCUT2D eigenvalue weighted by Crippen LogP contribution is -2.27. The van der Waals surface area contributed by atoms with E-state index in [1.54, 1.807) is 0 Å². The Kier molecular flexibility index (Phi) is 3.97. The van der Waals surface area contributed by atoms with Crippen molar-refractivity contribution in [3.05, 3.63) is 28.2 Å². The molecule has 0 saturated heterocycles. The predicted octanol–water partition coefficient (Wildman–Crippen LogP) is -0.869. The highest BCUT2D eigenvalue weighted by Gasteiger charge is 2.10. The molecule has 7 heteroatoms. The van der Waals surface area contributed by atoms with Gasteiger partial charge in [0.25, 0.3) is 0 Å². The Hall–Kier alpha value is -2.18. The predicted molar refractivity (Wildman–Crippen MR) is 61.4 cm³/mol. The van der Waals surface area contributed by atoms with Crippen LogP contribution in [0.3, 0.4) is 0 Å². The van der Waals surface area contributed by atoms with Gasteiger partial charge in [0.15, 0.2) is 13.3 Å². The van der Waals surface area contributed by atoms with Crippen molar-refractivity contribution in [3.63, 3.8) is 0 Å². The van der Waals surface area contributed by atoms with E-state index in [0.29, 0.717) is 6.54 Å². The van der Waals surface area contributed by atoms with Crippen molar-refractivity contribution in [1.29, 1.82) is 0 Å². The zero-order chi connectivity index (χ0) is 13.0. The van der Waals surface area contributed by atoms with Gasteiger partial charge in [0.1, 0.15) is 6.54 Å². The summed E-state index contributed by atoms with van der Waals surface area (Å²) in [6.07, 6.45) is 3.26. The van der Waals surface area contributed by atoms with E-state index in [1.165, 1.54) is 16.9 Å². The molecule has 7 nitrogen and oxygen atoms in total. The Balaban J connectivity index is 2.94. The van der Waals surface area contributed by atoms with Gasteiger partial charge in [0.05, 0.1) is 14.1 Å².